The Hall–Kier alpha value is -2.43. The molecule has 28 heavy (non-hydrogen) atoms. The Bertz CT molecular complexity index is 1200. The number of para-hydroxylation sites is 1. The number of aryl methyl sites for hydroxylation is 1. The minimum absolute atomic E-state index is 0.311. The van der Waals surface area contributed by atoms with E-state index in [2.05, 4.69) is 35.8 Å². The minimum Gasteiger partial charge on any atom is -0.425 e. The first kappa shape index (κ1) is 18.9. The van der Waals surface area contributed by atoms with Crippen molar-refractivity contribution in [3.8, 4) is 5.75 Å². The Morgan fingerprint density at radius 1 is 1.14 bits per heavy atom. The molecule has 0 unspecified atom stereocenters. The summed E-state index contributed by atoms with van der Waals surface area (Å²) in [5.41, 5.74) is 4.51. The van der Waals surface area contributed by atoms with Crippen LogP contribution in [0.4, 0.5) is 0 Å². The summed E-state index contributed by atoms with van der Waals surface area (Å²) in [7, 11) is 0. The first-order chi connectivity index (χ1) is 13.5. The van der Waals surface area contributed by atoms with Gasteiger partial charge in [0.2, 0.25) is 0 Å². The van der Waals surface area contributed by atoms with Crippen molar-refractivity contribution in [2.45, 2.75) is 25.3 Å². The van der Waals surface area contributed by atoms with Gasteiger partial charge in [0.15, 0.2) is 0 Å². The fourth-order valence-corrected chi connectivity index (χ4v) is 4.59. The van der Waals surface area contributed by atoms with Crippen LogP contribution in [0.1, 0.15) is 18.1 Å². The van der Waals surface area contributed by atoms with Crippen molar-refractivity contribution in [3.63, 3.8) is 0 Å². The third kappa shape index (κ3) is 3.27. The van der Waals surface area contributed by atoms with Crippen LogP contribution in [0.2, 0.25) is 5.02 Å². The molecule has 3 aromatic carbocycles. The topological polar surface area (TPSA) is 31.2 Å². The summed E-state index contributed by atoms with van der Waals surface area (Å²) in [6.45, 7) is 4.21. The number of hydrogen-bond donors (Lipinski definition) is 0. The average Bonchev–Trinajstić information content (AvgIpc) is 2.98. The molecular weight excluding hydrogens is 390 g/mol. The molecule has 0 saturated carbocycles. The zero-order valence-corrected chi connectivity index (χ0v) is 17.5. The zero-order chi connectivity index (χ0) is 19.8. The minimum atomic E-state index is -0.311. The van der Waals surface area contributed by atoms with Crippen LogP contribution in [0.3, 0.4) is 0 Å². The van der Waals surface area contributed by atoms with Gasteiger partial charge in [0, 0.05) is 34.8 Å². The molecule has 4 rings (SSSR count). The van der Waals surface area contributed by atoms with E-state index < -0.39 is 0 Å². The molecule has 1 heterocycles. The van der Waals surface area contributed by atoms with E-state index in [0.717, 1.165) is 32.1 Å². The molecule has 0 spiro atoms. The summed E-state index contributed by atoms with van der Waals surface area (Å²) in [5.74, 6) is 0.305. The Morgan fingerprint density at radius 2 is 1.86 bits per heavy atom. The number of carbonyl (C=O) groups excluding carboxylic acids is 1. The summed E-state index contributed by atoms with van der Waals surface area (Å²) in [6, 6.07) is 18.3. The van der Waals surface area contributed by atoms with Crippen molar-refractivity contribution in [1.82, 2.24) is 4.57 Å². The van der Waals surface area contributed by atoms with Crippen LogP contribution < -0.4 is 4.74 Å². The van der Waals surface area contributed by atoms with Gasteiger partial charge in [0.1, 0.15) is 5.75 Å². The largest absolute Gasteiger partial charge is 0.425 e. The number of hydrogen-bond acceptors (Lipinski definition) is 3. The number of thioether (sulfide) groups is 1. The van der Waals surface area contributed by atoms with Crippen LogP contribution in [0.15, 0.2) is 59.5 Å². The van der Waals surface area contributed by atoms with Crippen LogP contribution in [-0.2, 0) is 11.3 Å². The summed E-state index contributed by atoms with van der Waals surface area (Å²) >= 11 is 7.66. The number of halogens is 1. The number of nitrogens with zero attached hydrogens (tertiary/aromatic N) is 1. The monoisotopic (exact) mass is 409 g/mol. The van der Waals surface area contributed by atoms with Crippen molar-refractivity contribution < 1.29 is 9.53 Å². The van der Waals surface area contributed by atoms with E-state index in [1.54, 1.807) is 11.8 Å². The number of rotatable bonds is 4. The number of ether oxygens (including phenoxy) is 1. The first-order valence-corrected chi connectivity index (χ1v) is 10.6. The molecule has 0 bridgehead atoms. The lowest BCUT2D eigenvalue weighted by Gasteiger charge is -2.14. The molecule has 0 fully saturated rings. The van der Waals surface area contributed by atoms with Crippen molar-refractivity contribution in [2.24, 2.45) is 0 Å². The molecule has 142 valence electrons. The lowest BCUT2D eigenvalue weighted by atomic mass is 10.1. The fourth-order valence-electron chi connectivity index (χ4n) is 3.75. The maximum atomic E-state index is 11.7. The highest BCUT2D eigenvalue weighted by Gasteiger charge is 2.20. The SMILES string of the molecule is CSc1c(OC(C)=O)cc(C)c2c3ccccc3n(Cc3ccc(Cl)cc3)c12. The van der Waals surface area contributed by atoms with E-state index in [4.69, 9.17) is 16.3 Å². The Morgan fingerprint density at radius 3 is 2.54 bits per heavy atom. The predicted molar refractivity (Wildman–Crippen MR) is 118 cm³/mol. The molecule has 0 saturated heterocycles. The van der Waals surface area contributed by atoms with Gasteiger partial charge in [0.25, 0.3) is 0 Å². The fraction of sp³-hybridized carbons (Fsp3) is 0.174. The molecule has 0 aliphatic carbocycles. The number of fused-ring (bicyclic) bond motifs is 3. The van der Waals surface area contributed by atoms with Gasteiger partial charge in [-0.15, -0.1) is 11.8 Å². The van der Waals surface area contributed by atoms with Gasteiger partial charge in [0.05, 0.1) is 10.4 Å². The summed E-state index contributed by atoms with van der Waals surface area (Å²) in [6.07, 6.45) is 2.02. The van der Waals surface area contributed by atoms with E-state index in [1.807, 2.05) is 36.6 Å². The van der Waals surface area contributed by atoms with Gasteiger partial charge < -0.3 is 9.30 Å². The highest BCUT2D eigenvalue weighted by molar-refractivity contribution is 7.99. The lowest BCUT2D eigenvalue weighted by molar-refractivity contribution is -0.132. The highest BCUT2D eigenvalue weighted by atomic mass is 35.5. The summed E-state index contributed by atoms with van der Waals surface area (Å²) < 4.78 is 7.86. The third-order valence-electron chi connectivity index (χ3n) is 4.86. The first-order valence-electron chi connectivity index (χ1n) is 9.01. The number of esters is 1. The van der Waals surface area contributed by atoms with Gasteiger partial charge in [-0.2, -0.15) is 0 Å². The number of carbonyl (C=O) groups is 1. The van der Waals surface area contributed by atoms with Crippen LogP contribution in [0, 0.1) is 6.92 Å². The number of aromatic nitrogens is 1. The summed E-state index contributed by atoms with van der Waals surface area (Å²) in [4.78, 5) is 12.6. The second-order valence-corrected chi connectivity index (χ2v) is 8.02. The molecule has 0 aliphatic rings. The zero-order valence-electron chi connectivity index (χ0n) is 16.0. The molecule has 5 heteroatoms. The normalized spacial score (nSPS) is 11.3. The molecule has 0 amide bonds. The molecular formula is C23H20ClNO2S. The van der Waals surface area contributed by atoms with Gasteiger partial charge in [-0.3, -0.25) is 4.79 Å². The van der Waals surface area contributed by atoms with E-state index in [-0.39, 0.29) is 5.97 Å². The van der Waals surface area contributed by atoms with Crippen molar-refractivity contribution in [1.29, 1.82) is 0 Å². The summed E-state index contributed by atoms with van der Waals surface area (Å²) in [5, 5.41) is 3.13. The van der Waals surface area contributed by atoms with Crippen LogP contribution >= 0.6 is 23.4 Å². The highest BCUT2D eigenvalue weighted by Crippen LogP contribution is 2.42. The molecule has 3 nitrogen and oxygen atoms in total. The van der Waals surface area contributed by atoms with Crippen molar-refractivity contribution in [3.05, 3.63) is 70.7 Å². The number of benzene rings is 3. The van der Waals surface area contributed by atoms with E-state index in [0.29, 0.717) is 12.3 Å². The lowest BCUT2D eigenvalue weighted by Crippen LogP contribution is -2.05. The second kappa shape index (κ2) is 7.53. The smallest absolute Gasteiger partial charge is 0.308 e. The van der Waals surface area contributed by atoms with Gasteiger partial charge >= 0.3 is 5.97 Å². The molecule has 0 aliphatic heterocycles. The standard InChI is InChI=1S/C23H20ClNO2S/c1-14-12-20(27-15(2)26)23(28-3)22-21(14)18-6-4-5-7-19(18)25(22)13-16-8-10-17(24)11-9-16/h4-12H,13H2,1-3H3. The van der Waals surface area contributed by atoms with E-state index in [1.165, 1.54) is 17.7 Å². The molecule has 0 radical (unpaired) electrons. The van der Waals surface area contributed by atoms with Crippen LogP contribution in [0.25, 0.3) is 21.8 Å². The predicted octanol–water partition coefficient (Wildman–Crippen LogP) is 6.45. The maximum absolute atomic E-state index is 11.7. The van der Waals surface area contributed by atoms with Gasteiger partial charge in [-0.25, -0.2) is 0 Å². The second-order valence-electron chi connectivity index (χ2n) is 6.77. The Labute approximate surface area is 173 Å². The van der Waals surface area contributed by atoms with E-state index in [9.17, 15) is 4.79 Å². The van der Waals surface area contributed by atoms with Crippen molar-refractivity contribution in [2.75, 3.05) is 6.26 Å². The quantitative estimate of drug-likeness (QED) is 0.220. The van der Waals surface area contributed by atoms with Crippen molar-refractivity contribution >= 4 is 51.1 Å². The Balaban J connectivity index is 2.06. The van der Waals surface area contributed by atoms with Crippen LogP contribution in [-0.4, -0.2) is 16.8 Å². The Kier molecular flexibility index (Phi) is 5.09. The van der Waals surface area contributed by atoms with Gasteiger partial charge in [-0.05, 0) is 48.6 Å². The molecule has 1 aromatic heterocycles. The van der Waals surface area contributed by atoms with Crippen LogP contribution in [0.5, 0.6) is 5.75 Å². The molecule has 0 atom stereocenters. The maximum Gasteiger partial charge on any atom is 0.308 e. The van der Waals surface area contributed by atoms with Gasteiger partial charge in [-0.1, -0.05) is 41.9 Å². The van der Waals surface area contributed by atoms with E-state index >= 15 is 0 Å². The third-order valence-corrected chi connectivity index (χ3v) is 5.92. The molecule has 4 aromatic rings. The molecule has 0 N–H and O–H groups in total. The average molecular weight is 410 g/mol.